The first-order valence-corrected chi connectivity index (χ1v) is 7.35. The van der Waals surface area contributed by atoms with Gasteiger partial charge in [0.25, 0.3) is 0 Å². The summed E-state index contributed by atoms with van der Waals surface area (Å²) in [7, 11) is -4.49. The number of aliphatic hydroxyl groups is 1. The van der Waals surface area contributed by atoms with Crippen molar-refractivity contribution in [2.75, 3.05) is 6.61 Å². The second-order valence-corrected chi connectivity index (χ2v) is 6.69. The molecule has 0 aliphatic rings. The third-order valence-corrected chi connectivity index (χ3v) is 4.38. The van der Waals surface area contributed by atoms with Crippen molar-refractivity contribution in [3.05, 3.63) is 29.3 Å². The van der Waals surface area contributed by atoms with E-state index in [9.17, 15) is 22.0 Å². The van der Waals surface area contributed by atoms with Crippen molar-refractivity contribution in [2.24, 2.45) is 0 Å². The first-order valence-electron chi connectivity index (χ1n) is 5.87. The van der Waals surface area contributed by atoms with Crippen LogP contribution in [0, 0.1) is 11.6 Å². The van der Waals surface area contributed by atoms with Crippen LogP contribution in [-0.2, 0) is 10.0 Å². The Balaban J connectivity index is 3.35. The van der Waals surface area contributed by atoms with E-state index in [1.165, 1.54) is 13.8 Å². The van der Waals surface area contributed by atoms with E-state index >= 15 is 0 Å². The number of rotatable bonds is 6. The number of nitrogens with one attached hydrogen (secondary N) is 1. The molecular weight excluding hydrogens is 308 g/mol. The van der Waals surface area contributed by atoms with Crippen molar-refractivity contribution >= 4 is 16.0 Å². The van der Waals surface area contributed by atoms with Crippen LogP contribution in [0.2, 0.25) is 0 Å². The number of sulfonamides is 1. The van der Waals surface area contributed by atoms with E-state index in [-0.39, 0.29) is 13.0 Å². The van der Waals surface area contributed by atoms with Gasteiger partial charge in [-0.2, -0.15) is 0 Å². The highest BCUT2D eigenvalue weighted by molar-refractivity contribution is 7.89. The van der Waals surface area contributed by atoms with Gasteiger partial charge in [-0.15, -0.1) is 0 Å². The molecule has 0 aliphatic carbocycles. The number of hydrogen-bond donors (Lipinski definition) is 3. The summed E-state index contributed by atoms with van der Waals surface area (Å²) in [6, 6.07) is 0.938. The second kappa shape index (κ2) is 6.04. The molecule has 6 nitrogen and oxygen atoms in total. The Labute approximate surface area is 120 Å². The van der Waals surface area contributed by atoms with Gasteiger partial charge in [0.2, 0.25) is 10.0 Å². The number of hydrogen-bond acceptors (Lipinski definition) is 4. The van der Waals surface area contributed by atoms with E-state index < -0.39 is 43.6 Å². The SMILES string of the molecule is CC(C)(CCO)NS(=O)(=O)c1cc(C(=O)O)cc(F)c1F. The van der Waals surface area contributed by atoms with Gasteiger partial charge >= 0.3 is 5.97 Å². The summed E-state index contributed by atoms with van der Waals surface area (Å²) in [5, 5.41) is 17.6. The highest BCUT2D eigenvalue weighted by Crippen LogP contribution is 2.22. The maximum atomic E-state index is 13.7. The quantitative estimate of drug-likeness (QED) is 0.727. The molecule has 118 valence electrons. The minimum absolute atomic E-state index is 0.0367. The molecule has 0 unspecified atom stereocenters. The molecule has 0 saturated carbocycles. The molecule has 0 aromatic heterocycles. The summed E-state index contributed by atoms with van der Waals surface area (Å²) in [5.41, 5.74) is -1.80. The van der Waals surface area contributed by atoms with Crippen molar-refractivity contribution in [2.45, 2.75) is 30.7 Å². The Morgan fingerprint density at radius 1 is 1.33 bits per heavy atom. The predicted octanol–water partition coefficient (Wildman–Crippen LogP) is 1.10. The maximum Gasteiger partial charge on any atom is 0.335 e. The Bertz CT molecular complexity index is 658. The molecule has 1 rings (SSSR count). The number of benzene rings is 1. The molecule has 0 amide bonds. The molecule has 0 atom stereocenters. The van der Waals surface area contributed by atoms with Crippen molar-refractivity contribution in [1.29, 1.82) is 0 Å². The number of carbonyl (C=O) groups is 1. The number of aromatic carboxylic acids is 1. The Morgan fingerprint density at radius 3 is 2.38 bits per heavy atom. The van der Waals surface area contributed by atoms with Crippen molar-refractivity contribution in [1.82, 2.24) is 4.72 Å². The highest BCUT2D eigenvalue weighted by Gasteiger charge is 2.30. The van der Waals surface area contributed by atoms with Crippen LogP contribution in [0.4, 0.5) is 8.78 Å². The van der Waals surface area contributed by atoms with Gasteiger partial charge in [-0.05, 0) is 32.4 Å². The van der Waals surface area contributed by atoms with E-state index in [1.54, 1.807) is 0 Å². The summed E-state index contributed by atoms with van der Waals surface area (Å²) in [4.78, 5) is 9.70. The average Bonchev–Trinajstić information content (AvgIpc) is 2.30. The van der Waals surface area contributed by atoms with Gasteiger partial charge in [-0.1, -0.05) is 0 Å². The van der Waals surface area contributed by atoms with Gasteiger partial charge in [0.15, 0.2) is 11.6 Å². The van der Waals surface area contributed by atoms with Gasteiger partial charge in [0, 0.05) is 12.1 Å². The van der Waals surface area contributed by atoms with Crippen molar-refractivity contribution in [3.63, 3.8) is 0 Å². The zero-order chi connectivity index (χ0) is 16.4. The molecule has 0 heterocycles. The number of aliphatic hydroxyl groups excluding tert-OH is 1. The lowest BCUT2D eigenvalue weighted by atomic mass is 10.0. The first kappa shape index (κ1) is 17.5. The molecule has 0 fully saturated rings. The number of halogens is 2. The van der Waals surface area contributed by atoms with Crippen LogP contribution >= 0.6 is 0 Å². The lowest BCUT2D eigenvalue weighted by Gasteiger charge is -2.25. The van der Waals surface area contributed by atoms with Gasteiger partial charge in [0.05, 0.1) is 5.56 Å². The largest absolute Gasteiger partial charge is 0.478 e. The molecule has 0 spiro atoms. The topological polar surface area (TPSA) is 104 Å². The summed E-state index contributed by atoms with van der Waals surface area (Å²) in [6.07, 6.45) is 0.0367. The van der Waals surface area contributed by atoms with E-state index in [2.05, 4.69) is 4.72 Å². The molecule has 21 heavy (non-hydrogen) atoms. The van der Waals surface area contributed by atoms with E-state index in [1.807, 2.05) is 0 Å². The molecule has 0 bridgehead atoms. The molecule has 0 radical (unpaired) electrons. The molecule has 0 aliphatic heterocycles. The molecule has 1 aromatic carbocycles. The van der Waals surface area contributed by atoms with E-state index in [0.717, 1.165) is 0 Å². The summed E-state index contributed by atoms with van der Waals surface area (Å²) < 4.78 is 53.3. The fraction of sp³-hybridized carbons (Fsp3) is 0.417. The Kier molecular flexibility index (Phi) is 5.03. The molecule has 9 heteroatoms. The standard InChI is InChI=1S/C12H15F2NO5S/c1-12(2,3-4-16)15-21(19,20)9-6-7(11(17)18)5-8(13)10(9)14/h5-6,15-16H,3-4H2,1-2H3,(H,17,18). The maximum absolute atomic E-state index is 13.7. The fourth-order valence-electron chi connectivity index (χ4n) is 1.63. The van der Waals surface area contributed by atoms with Crippen LogP contribution in [0.25, 0.3) is 0 Å². The smallest absolute Gasteiger partial charge is 0.335 e. The van der Waals surface area contributed by atoms with Crippen LogP contribution in [0.1, 0.15) is 30.6 Å². The third-order valence-electron chi connectivity index (χ3n) is 2.68. The van der Waals surface area contributed by atoms with Crippen LogP contribution < -0.4 is 4.72 Å². The van der Waals surface area contributed by atoms with Crippen LogP contribution in [0.5, 0.6) is 0 Å². The Hall–Kier alpha value is -1.58. The summed E-state index contributed by atoms with van der Waals surface area (Å²) in [6.45, 7) is 2.56. The number of carboxylic acid groups (broad SMARTS) is 1. The summed E-state index contributed by atoms with van der Waals surface area (Å²) >= 11 is 0. The number of carboxylic acids is 1. The highest BCUT2D eigenvalue weighted by atomic mass is 32.2. The normalized spacial score (nSPS) is 12.4. The lowest BCUT2D eigenvalue weighted by molar-refractivity contribution is 0.0696. The van der Waals surface area contributed by atoms with Gasteiger partial charge in [-0.3, -0.25) is 0 Å². The molecular formula is C12H15F2NO5S. The third kappa shape index (κ3) is 4.19. The lowest BCUT2D eigenvalue weighted by Crippen LogP contribution is -2.44. The average molecular weight is 323 g/mol. The monoisotopic (exact) mass is 323 g/mol. The van der Waals surface area contributed by atoms with Crippen LogP contribution in [0.3, 0.4) is 0 Å². The molecule has 3 N–H and O–H groups in total. The second-order valence-electron chi connectivity index (χ2n) is 5.04. The summed E-state index contributed by atoms with van der Waals surface area (Å²) in [5.74, 6) is -4.82. The fourth-order valence-corrected chi connectivity index (χ4v) is 3.19. The van der Waals surface area contributed by atoms with E-state index in [0.29, 0.717) is 12.1 Å². The van der Waals surface area contributed by atoms with Crippen molar-refractivity contribution < 1.29 is 32.2 Å². The van der Waals surface area contributed by atoms with E-state index in [4.69, 9.17) is 10.2 Å². The van der Waals surface area contributed by atoms with Gasteiger partial charge < -0.3 is 10.2 Å². The van der Waals surface area contributed by atoms with Gasteiger partial charge in [0.1, 0.15) is 4.90 Å². The molecule has 1 aromatic rings. The zero-order valence-electron chi connectivity index (χ0n) is 11.4. The minimum atomic E-state index is -4.49. The first-order chi connectivity index (χ1) is 9.50. The van der Waals surface area contributed by atoms with Crippen molar-refractivity contribution in [3.8, 4) is 0 Å². The van der Waals surface area contributed by atoms with Gasteiger partial charge in [-0.25, -0.2) is 26.7 Å². The predicted molar refractivity (Wildman–Crippen MR) is 69.4 cm³/mol. The Morgan fingerprint density at radius 2 is 1.90 bits per heavy atom. The minimum Gasteiger partial charge on any atom is -0.478 e. The van der Waals surface area contributed by atoms with Crippen LogP contribution in [0.15, 0.2) is 17.0 Å². The van der Waals surface area contributed by atoms with Crippen LogP contribution in [-0.4, -0.2) is 36.7 Å². The zero-order valence-corrected chi connectivity index (χ0v) is 12.2. The molecule has 0 saturated heterocycles.